The van der Waals surface area contributed by atoms with Gasteiger partial charge in [0, 0.05) is 19.1 Å². The van der Waals surface area contributed by atoms with E-state index >= 15 is 0 Å². The van der Waals surface area contributed by atoms with Crippen LogP contribution in [0.25, 0.3) is 0 Å². The Bertz CT molecular complexity index is 381. The van der Waals surface area contributed by atoms with Crippen LogP contribution >= 0.6 is 11.6 Å². The molecule has 0 aliphatic carbocycles. The van der Waals surface area contributed by atoms with Crippen molar-refractivity contribution >= 4 is 17.4 Å². The molecule has 1 aliphatic rings. The van der Waals surface area contributed by atoms with Gasteiger partial charge in [0.1, 0.15) is 5.82 Å². The minimum Gasteiger partial charge on any atom is -0.354 e. The summed E-state index contributed by atoms with van der Waals surface area (Å²) in [6, 6.07) is 4.53. The fourth-order valence-corrected chi connectivity index (χ4v) is 2.68. The summed E-state index contributed by atoms with van der Waals surface area (Å²) in [5.74, 6) is 1.03. The molecule has 0 radical (unpaired) electrons. The van der Waals surface area contributed by atoms with Crippen LogP contribution in [-0.4, -0.2) is 17.6 Å². The predicted octanol–water partition coefficient (Wildman–Crippen LogP) is 2.96. The molecule has 2 N–H and O–H groups in total. The summed E-state index contributed by atoms with van der Waals surface area (Å²) in [5, 5.41) is 0.668. The van der Waals surface area contributed by atoms with Gasteiger partial charge >= 0.3 is 0 Å². The van der Waals surface area contributed by atoms with E-state index in [1.807, 2.05) is 12.1 Å². The third-order valence-electron chi connectivity index (χ3n) is 3.49. The van der Waals surface area contributed by atoms with E-state index in [0.29, 0.717) is 17.6 Å². The van der Waals surface area contributed by atoms with Gasteiger partial charge in [0.25, 0.3) is 0 Å². The van der Waals surface area contributed by atoms with Crippen molar-refractivity contribution in [1.29, 1.82) is 0 Å². The average Bonchev–Trinajstić information content (AvgIpc) is 2.39. The van der Waals surface area contributed by atoms with Gasteiger partial charge in [-0.15, -0.1) is 0 Å². The molecule has 1 aromatic rings. The third-order valence-corrected chi connectivity index (χ3v) is 3.83. The molecule has 0 saturated carbocycles. The predicted molar refractivity (Wildman–Crippen MR) is 72.4 cm³/mol. The lowest BCUT2D eigenvalue weighted by Crippen LogP contribution is -2.39. The van der Waals surface area contributed by atoms with Crippen molar-refractivity contribution in [2.24, 2.45) is 5.73 Å². The lowest BCUT2D eigenvalue weighted by atomic mass is 10.00. The van der Waals surface area contributed by atoms with Gasteiger partial charge in [-0.3, -0.25) is 0 Å². The molecule has 1 saturated heterocycles. The van der Waals surface area contributed by atoms with Crippen LogP contribution in [0.1, 0.15) is 38.3 Å². The van der Waals surface area contributed by atoms with Crippen molar-refractivity contribution in [3.05, 3.63) is 22.8 Å². The monoisotopic (exact) mass is 253 g/mol. The van der Waals surface area contributed by atoms with Crippen LogP contribution in [0.3, 0.4) is 0 Å². The molecule has 0 aromatic carbocycles. The largest absolute Gasteiger partial charge is 0.354 e. The summed E-state index contributed by atoms with van der Waals surface area (Å²) in [6.45, 7) is 3.73. The number of hydrogen-bond acceptors (Lipinski definition) is 3. The highest BCUT2D eigenvalue weighted by Crippen LogP contribution is 2.26. The number of nitrogens with two attached hydrogens (primary N) is 1. The minimum atomic E-state index is 0.400. The Morgan fingerprint density at radius 3 is 3.00 bits per heavy atom. The molecular formula is C13H20ClN3. The van der Waals surface area contributed by atoms with Gasteiger partial charge in [-0.2, -0.15) is 0 Å². The Morgan fingerprint density at radius 1 is 1.47 bits per heavy atom. The van der Waals surface area contributed by atoms with Gasteiger partial charge in [0.2, 0.25) is 0 Å². The number of halogens is 1. The molecule has 0 bridgehead atoms. The molecule has 17 heavy (non-hydrogen) atoms. The van der Waals surface area contributed by atoms with Gasteiger partial charge in [0.15, 0.2) is 0 Å². The maximum absolute atomic E-state index is 6.04. The Kier molecular flexibility index (Phi) is 4.24. The van der Waals surface area contributed by atoms with Crippen molar-refractivity contribution in [2.45, 2.75) is 45.2 Å². The molecule has 94 valence electrons. The second kappa shape index (κ2) is 5.69. The number of pyridine rings is 1. The van der Waals surface area contributed by atoms with Gasteiger partial charge in [-0.05, 0) is 37.8 Å². The molecule has 0 spiro atoms. The molecule has 1 atom stereocenters. The smallest absolute Gasteiger partial charge is 0.129 e. The highest BCUT2D eigenvalue weighted by Gasteiger charge is 2.22. The average molecular weight is 254 g/mol. The molecule has 3 nitrogen and oxygen atoms in total. The second-order valence-corrected chi connectivity index (χ2v) is 4.96. The first-order chi connectivity index (χ1) is 8.26. The third kappa shape index (κ3) is 2.72. The Hall–Kier alpha value is -0.800. The maximum atomic E-state index is 6.04. The topological polar surface area (TPSA) is 42.1 Å². The maximum Gasteiger partial charge on any atom is 0.129 e. The van der Waals surface area contributed by atoms with E-state index in [0.717, 1.165) is 18.1 Å². The number of nitrogens with zero attached hydrogens (tertiary/aromatic N) is 2. The van der Waals surface area contributed by atoms with Crippen LogP contribution in [0.4, 0.5) is 5.82 Å². The number of hydrogen-bond donors (Lipinski definition) is 1. The first kappa shape index (κ1) is 12.7. The number of aromatic nitrogens is 1. The number of anilines is 1. The van der Waals surface area contributed by atoms with Crippen LogP contribution in [0, 0.1) is 0 Å². The van der Waals surface area contributed by atoms with E-state index in [9.17, 15) is 0 Å². The van der Waals surface area contributed by atoms with Crippen molar-refractivity contribution in [3.63, 3.8) is 0 Å². The summed E-state index contributed by atoms with van der Waals surface area (Å²) in [5.41, 5.74) is 6.45. The molecule has 1 fully saturated rings. The Balaban J connectivity index is 2.25. The van der Waals surface area contributed by atoms with Crippen LogP contribution in [-0.2, 0) is 6.54 Å². The van der Waals surface area contributed by atoms with Crippen molar-refractivity contribution < 1.29 is 0 Å². The minimum absolute atomic E-state index is 0.400. The van der Waals surface area contributed by atoms with E-state index in [-0.39, 0.29) is 0 Å². The van der Waals surface area contributed by atoms with Crippen LogP contribution < -0.4 is 10.6 Å². The van der Waals surface area contributed by atoms with Crippen LogP contribution in [0.15, 0.2) is 12.1 Å². The number of rotatable bonds is 3. The lowest BCUT2D eigenvalue weighted by Gasteiger charge is -2.36. The standard InChI is InChI=1S/C13H20ClN3/c1-2-10-5-3-4-8-17(10)13-7-6-11(14)12(9-15)16-13/h6-7,10H,2-5,8-9,15H2,1H3. The van der Waals surface area contributed by atoms with Gasteiger partial charge in [-0.1, -0.05) is 18.5 Å². The Labute approximate surface area is 108 Å². The van der Waals surface area contributed by atoms with E-state index in [2.05, 4.69) is 16.8 Å². The molecule has 4 heteroatoms. The van der Waals surface area contributed by atoms with E-state index in [1.165, 1.54) is 25.7 Å². The molecule has 1 aromatic heterocycles. The summed E-state index contributed by atoms with van der Waals surface area (Å²) in [4.78, 5) is 6.98. The van der Waals surface area contributed by atoms with Gasteiger partial charge < -0.3 is 10.6 Å². The van der Waals surface area contributed by atoms with Crippen molar-refractivity contribution in [3.8, 4) is 0 Å². The highest BCUT2D eigenvalue weighted by atomic mass is 35.5. The van der Waals surface area contributed by atoms with Crippen LogP contribution in [0.5, 0.6) is 0 Å². The van der Waals surface area contributed by atoms with Crippen molar-refractivity contribution in [1.82, 2.24) is 4.98 Å². The highest BCUT2D eigenvalue weighted by molar-refractivity contribution is 6.31. The quantitative estimate of drug-likeness (QED) is 0.901. The zero-order valence-electron chi connectivity index (χ0n) is 10.3. The summed E-state index contributed by atoms with van der Waals surface area (Å²) in [6.07, 6.45) is 5.01. The van der Waals surface area contributed by atoms with E-state index < -0.39 is 0 Å². The normalized spacial score (nSPS) is 20.6. The molecule has 1 unspecified atom stereocenters. The summed E-state index contributed by atoms with van der Waals surface area (Å²) < 4.78 is 0. The van der Waals surface area contributed by atoms with Crippen LogP contribution in [0.2, 0.25) is 5.02 Å². The first-order valence-corrected chi connectivity index (χ1v) is 6.76. The molecule has 2 heterocycles. The molecule has 0 amide bonds. The lowest BCUT2D eigenvalue weighted by molar-refractivity contribution is 0.446. The zero-order chi connectivity index (χ0) is 12.3. The SMILES string of the molecule is CCC1CCCCN1c1ccc(Cl)c(CN)n1. The molecular weight excluding hydrogens is 234 g/mol. The molecule has 2 rings (SSSR count). The Morgan fingerprint density at radius 2 is 2.29 bits per heavy atom. The zero-order valence-corrected chi connectivity index (χ0v) is 11.1. The van der Waals surface area contributed by atoms with Crippen molar-refractivity contribution in [2.75, 3.05) is 11.4 Å². The van der Waals surface area contributed by atoms with E-state index in [4.69, 9.17) is 17.3 Å². The fraction of sp³-hybridized carbons (Fsp3) is 0.615. The second-order valence-electron chi connectivity index (χ2n) is 4.55. The van der Waals surface area contributed by atoms with Gasteiger partial charge in [-0.25, -0.2) is 4.98 Å². The van der Waals surface area contributed by atoms with E-state index in [1.54, 1.807) is 0 Å². The summed E-state index contributed by atoms with van der Waals surface area (Å²) in [7, 11) is 0. The van der Waals surface area contributed by atoms with Gasteiger partial charge in [0.05, 0.1) is 10.7 Å². The number of piperidine rings is 1. The fourth-order valence-electron chi connectivity index (χ4n) is 2.50. The first-order valence-electron chi connectivity index (χ1n) is 6.38. The summed E-state index contributed by atoms with van der Waals surface area (Å²) >= 11 is 6.04. The molecule has 1 aliphatic heterocycles.